The number of carbonyl (C=O) groups is 3. The molecule has 1 aromatic carbocycles. The lowest BCUT2D eigenvalue weighted by Gasteiger charge is -2.27. The van der Waals surface area contributed by atoms with Crippen LogP contribution in [-0.4, -0.2) is 79.4 Å². The maximum atomic E-state index is 13.1. The van der Waals surface area contributed by atoms with E-state index in [0.29, 0.717) is 31.5 Å². The van der Waals surface area contributed by atoms with Crippen LogP contribution in [-0.2, 0) is 20.7 Å². The second-order valence-corrected chi connectivity index (χ2v) is 8.45. The van der Waals surface area contributed by atoms with E-state index in [4.69, 9.17) is 10.00 Å². The molecule has 0 aliphatic carbocycles. The Balaban J connectivity index is 1.61. The number of ether oxygens (including phenoxy) is 1. The van der Waals surface area contributed by atoms with Crippen LogP contribution in [0.4, 0.5) is 0 Å². The number of nitriles is 1. The predicted octanol–water partition coefficient (Wildman–Crippen LogP) is 1.04. The Bertz CT molecular complexity index is 951. The van der Waals surface area contributed by atoms with Gasteiger partial charge in [0.2, 0.25) is 17.8 Å². The fourth-order valence-electron chi connectivity index (χ4n) is 4.23. The summed E-state index contributed by atoms with van der Waals surface area (Å²) in [6, 6.07) is 6.53. The largest absolute Gasteiger partial charge is 0.465 e. The van der Waals surface area contributed by atoms with Gasteiger partial charge < -0.3 is 19.9 Å². The summed E-state index contributed by atoms with van der Waals surface area (Å²) >= 11 is 0. The van der Waals surface area contributed by atoms with Crippen molar-refractivity contribution in [3.63, 3.8) is 0 Å². The molecule has 182 valence electrons. The first kappa shape index (κ1) is 25.0. The molecule has 2 N–H and O–H groups in total. The molecule has 10 heteroatoms. The van der Waals surface area contributed by atoms with Crippen LogP contribution in [0.5, 0.6) is 0 Å². The minimum atomic E-state index is -0.559. The quantitative estimate of drug-likeness (QED) is 0.201. The lowest BCUT2D eigenvalue weighted by Crippen LogP contribution is -2.52. The van der Waals surface area contributed by atoms with Gasteiger partial charge in [-0.1, -0.05) is 12.1 Å². The van der Waals surface area contributed by atoms with Crippen molar-refractivity contribution in [3.05, 3.63) is 35.4 Å². The third-order valence-electron chi connectivity index (χ3n) is 6.07. The summed E-state index contributed by atoms with van der Waals surface area (Å²) in [6.07, 6.45) is 6.67. The van der Waals surface area contributed by atoms with Gasteiger partial charge in [0.05, 0.1) is 19.2 Å². The number of hydrogen-bond donors (Lipinski definition) is 2. The molecule has 1 atom stereocenters. The number of likely N-dealkylation sites (tertiary alicyclic amines) is 2. The summed E-state index contributed by atoms with van der Waals surface area (Å²) < 4.78 is 4.75. The fourth-order valence-corrected chi connectivity index (χ4v) is 4.23. The number of benzene rings is 1. The third-order valence-corrected chi connectivity index (χ3v) is 6.07. The summed E-state index contributed by atoms with van der Waals surface area (Å²) in [4.78, 5) is 45.3. The van der Waals surface area contributed by atoms with Crippen molar-refractivity contribution in [3.8, 4) is 6.19 Å². The number of nitrogens with zero attached hydrogens (tertiary/aromatic N) is 4. The molecule has 0 bridgehead atoms. The van der Waals surface area contributed by atoms with Crippen LogP contribution in [0, 0.1) is 11.5 Å². The number of nitrogens with one attached hydrogen (secondary N) is 2. The van der Waals surface area contributed by atoms with E-state index < -0.39 is 12.0 Å². The van der Waals surface area contributed by atoms with Gasteiger partial charge in [-0.15, -0.1) is 0 Å². The molecule has 3 rings (SSSR count). The first-order valence-corrected chi connectivity index (χ1v) is 11.7. The SMILES string of the molecule is COC(=O)c1cccc(CCN=C(NC#N)NC2CCCCN(CC(=O)N3CCCC3)C2=O)c1. The summed E-state index contributed by atoms with van der Waals surface area (Å²) in [7, 11) is 1.34. The second-order valence-electron chi connectivity index (χ2n) is 8.45. The zero-order valence-corrected chi connectivity index (χ0v) is 19.6. The highest BCUT2D eigenvalue weighted by Crippen LogP contribution is 2.14. The van der Waals surface area contributed by atoms with Gasteiger partial charge in [0, 0.05) is 26.2 Å². The number of amides is 2. The van der Waals surface area contributed by atoms with E-state index in [9.17, 15) is 14.4 Å². The van der Waals surface area contributed by atoms with E-state index >= 15 is 0 Å². The third kappa shape index (κ3) is 6.94. The Morgan fingerprint density at radius 2 is 1.97 bits per heavy atom. The number of methoxy groups -OCH3 is 1. The molecule has 2 heterocycles. The number of rotatable bonds is 7. The van der Waals surface area contributed by atoms with Crippen molar-refractivity contribution < 1.29 is 19.1 Å². The van der Waals surface area contributed by atoms with Gasteiger partial charge in [0.25, 0.3) is 0 Å². The second kappa shape index (κ2) is 12.6. The van der Waals surface area contributed by atoms with Gasteiger partial charge in [0.1, 0.15) is 6.04 Å². The van der Waals surface area contributed by atoms with Crippen molar-refractivity contribution in [1.29, 1.82) is 5.26 Å². The highest BCUT2D eigenvalue weighted by molar-refractivity contribution is 5.92. The van der Waals surface area contributed by atoms with Crippen LogP contribution < -0.4 is 10.6 Å². The van der Waals surface area contributed by atoms with Gasteiger partial charge >= 0.3 is 5.97 Å². The number of carbonyl (C=O) groups excluding carboxylic acids is 3. The number of aliphatic imine (C=N–C) groups is 1. The van der Waals surface area contributed by atoms with Gasteiger partial charge in [-0.25, -0.2) is 4.79 Å². The van der Waals surface area contributed by atoms with Crippen molar-refractivity contribution in [2.75, 3.05) is 39.8 Å². The standard InChI is InChI=1S/C24H32N6O4/c1-34-23(33)19-8-6-7-18(15-19)10-11-26-24(27-17-25)28-20-9-2-3-14-30(22(20)32)16-21(31)29-12-4-5-13-29/h6-8,15,20H,2-5,9-14,16H2,1H3,(H2,26,27,28). The molecule has 1 unspecified atom stereocenters. The van der Waals surface area contributed by atoms with Crippen molar-refractivity contribution in [1.82, 2.24) is 20.4 Å². The molecule has 2 aliphatic rings. The van der Waals surface area contributed by atoms with Gasteiger partial charge in [-0.3, -0.25) is 19.9 Å². The average Bonchev–Trinajstić information content (AvgIpc) is 3.34. The minimum Gasteiger partial charge on any atom is -0.465 e. The zero-order valence-electron chi connectivity index (χ0n) is 19.6. The molecule has 2 fully saturated rings. The van der Waals surface area contributed by atoms with E-state index in [0.717, 1.165) is 44.3 Å². The number of guanidine groups is 1. The fraction of sp³-hybridized carbons (Fsp3) is 0.542. The van der Waals surface area contributed by atoms with Gasteiger partial charge in [0.15, 0.2) is 6.19 Å². The highest BCUT2D eigenvalue weighted by atomic mass is 16.5. The first-order chi connectivity index (χ1) is 16.5. The number of hydrogen-bond acceptors (Lipinski definition) is 6. The molecule has 1 aromatic rings. The van der Waals surface area contributed by atoms with Crippen LogP contribution in [0.2, 0.25) is 0 Å². The molecule has 34 heavy (non-hydrogen) atoms. The van der Waals surface area contributed by atoms with E-state index in [2.05, 4.69) is 15.6 Å². The Hall–Kier alpha value is -3.61. The lowest BCUT2D eigenvalue weighted by atomic mass is 10.1. The molecule has 0 aromatic heterocycles. The Labute approximate surface area is 199 Å². The first-order valence-electron chi connectivity index (χ1n) is 11.7. The molecular weight excluding hydrogens is 436 g/mol. The lowest BCUT2D eigenvalue weighted by molar-refractivity contribution is -0.140. The van der Waals surface area contributed by atoms with Crippen LogP contribution in [0.1, 0.15) is 48.0 Å². The molecule has 2 saturated heterocycles. The monoisotopic (exact) mass is 468 g/mol. The van der Waals surface area contributed by atoms with Crippen LogP contribution in [0.25, 0.3) is 0 Å². The van der Waals surface area contributed by atoms with E-state index in [1.54, 1.807) is 23.1 Å². The smallest absolute Gasteiger partial charge is 0.337 e. The van der Waals surface area contributed by atoms with Crippen LogP contribution >= 0.6 is 0 Å². The van der Waals surface area contributed by atoms with Crippen LogP contribution in [0.15, 0.2) is 29.3 Å². The van der Waals surface area contributed by atoms with Gasteiger partial charge in [-0.05, 0) is 56.2 Å². The maximum absolute atomic E-state index is 13.1. The summed E-state index contributed by atoms with van der Waals surface area (Å²) in [5, 5.41) is 14.7. The summed E-state index contributed by atoms with van der Waals surface area (Å²) in [5.41, 5.74) is 1.37. The normalized spacial score (nSPS) is 18.8. The Kier molecular flexibility index (Phi) is 9.26. The summed E-state index contributed by atoms with van der Waals surface area (Å²) in [6.45, 7) is 2.50. The molecule has 2 aliphatic heterocycles. The molecule has 10 nitrogen and oxygen atoms in total. The minimum absolute atomic E-state index is 0.00951. The topological polar surface area (TPSA) is 127 Å². The Morgan fingerprint density at radius 3 is 2.71 bits per heavy atom. The van der Waals surface area contributed by atoms with E-state index in [1.807, 2.05) is 17.2 Å². The van der Waals surface area contributed by atoms with Gasteiger partial charge in [-0.2, -0.15) is 5.26 Å². The Morgan fingerprint density at radius 1 is 1.21 bits per heavy atom. The molecule has 0 saturated carbocycles. The van der Waals surface area contributed by atoms with Crippen LogP contribution in [0.3, 0.4) is 0 Å². The predicted molar refractivity (Wildman–Crippen MR) is 126 cm³/mol. The van der Waals surface area contributed by atoms with Crippen molar-refractivity contribution in [2.24, 2.45) is 4.99 Å². The molecular formula is C24H32N6O4. The molecule has 0 radical (unpaired) electrons. The zero-order chi connectivity index (χ0) is 24.3. The molecule has 0 spiro atoms. The highest BCUT2D eigenvalue weighted by Gasteiger charge is 2.30. The number of esters is 1. The van der Waals surface area contributed by atoms with E-state index in [-0.39, 0.29) is 24.3 Å². The van der Waals surface area contributed by atoms with Crippen molar-refractivity contribution in [2.45, 2.75) is 44.6 Å². The van der Waals surface area contributed by atoms with E-state index in [1.165, 1.54) is 7.11 Å². The maximum Gasteiger partial charge on any atom is 0.337 e. The van der Waals surface area contributed by atoms with Crippen molar-refractivity contribution >= 4 is 23.7 Å². The average molecular weight is 469 g/mol. The molecule has 2 amide bonds. The summed E-state index contributed by atoms with van der Waals surface area (Å²) in [5.74, 6) is -0.343.